The molecule has 0 spiro atoms. The zero-order valence-electron chi connectivity index (χ0n) is 7.78. The first-order valence-electron chi connectivity index (χ1n) is 3.80. The average Bonchev–Trinajstić information content (AvgIpc) is 2.57. The molecule has 1 heterocycles. The number of rotatable bonds is 1. The van der Waals surface area contributed by atoms with Gasteiger partial charge in [0.05, 0.1) is 0 Å². The van der Waals surface area contributed by atoms with Crippen molar-refractivity contribution in [1.82, 2.24) is 15.4 Å². The van der Waals surface area contributed by atoms with E-state index in [4.69, 9.17) is 0 Å². The van der Waals surface area contributed by atoms with E-state index in [0.29, 0.717) is 0 Å². The van der Waals surface area contributed by atoms with Gasteiger partial charge in [0.2, 0.25) is 0 Å². The molecule has 0 saturated carbocycles. The molecule has 0 aliphatic rings. The van der Waals surface area contributed by atoms with E-state index in [2.05, 4.69) is 28.4 Å². The molecule has 0 bridgehead atoms. The summed E-state index contributed by atoms with van der Waals surface area (Å²) in [5, 5.41) is 10.3. The first-order chi connectivity index (χ1) is 5.88. The first-order valence-corrected chi connectivity index (χ1v) is 3.80. The second-order valence-corrected chi connectivity index (χ2v) is 2.67. The minimum atomic E-state index is 0. The molecule has 61 valence electrons. The van der Waals surface area contributed by atoms with E-state index in [-0.39, 0.29) is 29.6 Å². The van der Waals surface area contributed by atoms with Crippen LogP contribution in [0.15, 0.2) is 30.5 Å². The molecular formula is C9H9N3Na. The number of aromatic amines is 1. The van der Waals surface area contributed by atoms with Crippen LogP contribution in [0.3, 0.4) is 0 Å². The molecule has 3 nitrogen and oxygen atoms in total. The van der Waals surface area contributed by atoms with E-state index in [1.165, 1.54) is 5.56 Å². The van der Waals surface area contributed by atoms with Gasteiger partial charge in [0.15, 0.2) is 0 Å². The zero-order valence-corrected chi connectivity index (χ0v) is 9.78. The van der Waals surface area contributed by atoms with Crippen molar-refractivity contribution in [1.29, 1.82) is 0 Å². The summed E-state index contributed by atoms with van der Waals surface area (Å²) < 4.78 is 0. The Bertz CT molecular complexity index is 370. The maximum atomic E-state index is 3.94. The van der Waals surface area contributed by atoms with Crippen LogP contribution in [0.4, 0.5) is 0 Å². The van der Waals surface area contributed by atoms with Crippen LogP contribution < -0.4 is 0 Å². The van der Waals surface area contributed by atoms with Crippen LogP contribution in [-0.2, 0) is 0 Å². The quantitative estimate of drug-likeness (QED) is 0.677. The smallest absolute Gasteiger partial charge is 0.113 e. The molecule has 0 saturated heterocycles. The van der Waals surface area contributed by atoms with Crippen molar-refractivity contribution in [3.63, 3.8) is 0 Å². The summed E-state index contributed by atoms with van der Waals surface area (Å²) in [5.74, 6) is 0. The maximum absolute atomic E-state index is 3.94. The standard InChI is InChI=1S/C9H9N3.Na/c1-7-4-2-3-5-8(7)9-6-10-12-11-9;/h2-6H,1H3,(H,10,11,12);. The predicted molar refractivity (Wildman–Crippen MR) is 52.3 cm³/mol. The molecule has 4 heteroatoms. The van der Waals surface area contributed by atoms with Crippen molar-refractivity contribution in [2.24, 2.45) is 0 Å². The van der Waals surface area contributed by atoms with E-state index in [9.17, 15) is 0 Å². The van der Waals surface area contributed by atoms with Gasteiger partial charge in [0, 0.05) is 41.3 Å². The largest absolute Gasteiger partial charge is 0.265 e. The zero-order chi connectivity index (χ0) is 8.39. The average molecular weight is 182 g/mol. The molecule has 2 aromatic rings. The van der Waals surface area contributed by atoms with Gasteiger partial charge >= 0.3 is 0 Å². The topological polar surface area (TPSA) is 41.6 Å². The Morgan fingerprint density at radius 2 is 2.00 bits per heavy atom. The van der Waals surface area contributed by atoms with Gasteiger partial charge in [-0.25, -0.2) is 0 Å². The Labute approximate surface area is 98.9 Å². The van der Waals surface area contributed by atoms with Gasteiger partial charge in [0.25, 0.3) is 0 Å². The number of H-pyrrole nitrogens is 1. The summed E-state index contributed by atoms with van der Waals surface area (Å²) in [6.45, 7) is 2.06. The molecule has 0 aliphatic heterocycles. The SMILES string of the molecule is Cc1ccccc1-c1c[nH]nn1.[Na]. The number of nitrogens with zero attached hydrogens (tertiary/aromatic N) is 2. The Hall–Kier alpha value is -0.640. The van der Waals surface area contributed by atoms with Crippen LogP contribution >= 0.6 is 0 Å². The molecular weight excluding hydrogens is 173 g/mol. The van der Waals surface area contributed by atoms with Crippen LogP contribution in [0.1, 0.15) is 5.56 Å². The second-order valence-electron chi connectivity index (χ2n) is 2.67. The van der Waals surface area contributed by atoms with Crippen LogP contribution in [-0.4, -0.2) is 45.0 Å². The summed E-state index contributed by atoms with van der Waals surface area (Å²) in [7, 11) is 0. The van der Waals surface area contributed by atoms with Crippen LogP contribution in [0.5, 0.6) is 0 Å². The first kappa shape index (κ1) is 10.4. The Balaban J connectivity index is 0.000000845. The van der Waals surface area contributed by atoms with Crippen molar-refractivity contribution < 1.29 is 0 Å². The summed E-state index contributed by atoms with van der Waals surface area (Å²) in [6, 6.07) is 8.10. The third-order valence-electron chi connectivity index (χ3n) is 1.84. The fourth-order valence-electron chi connectivity index (χ4n) is 1.19. The molecule has 0 amide bonds. The van der Waals surface area contributed by atoms with Gasteiger partial charge in [-0.05, 0) is 12.5 Å². The minimum absolute atomic E-state index is 0. The fraction of sp³-hybridized carbons (Fsp3) is 0.111. The van der Waals surface area contributed by atoms with Crippen LogP contribution in [0, 0.1) is 6.92 Å². The molecule has 1 aromatic carbocycles. The number of hydrogen-bond donors (Lipinski definition) is 1. The number of aryl methyl sites for hydroxylation is 1. The molecule has 13 heavy (non-hydrogen) atoms. The number of aromatic nitrogens is 3. The van der Waals surface area contributed by atoms with Crippen molar-refractivity contribution >= 4 is 29.6 Å². The van der Waals surface area contributed by atoms with Crippen molar-refractivity contribution in [3.05, 3.63) is 36.0 Å². The van der Waals surface area contributed by atoms with E-state index in [1.54, 1.807) is 6.20 Å². The molecule has 1 aromatic heterocycles. The molecule has 1 radical (unpaired) electrons. The molecule has 2 rings (SSSR count). The fourth-order valence-corrected chi connectivity index (χ4v) is 1.19. The van der Waals surface area contributed by atoms with Gasteiger partial charge < -0.3 is 0 Å². The summed E-state index contributed by atoms with van der Waals surface area (Å²) >= 11 is 0. The Morgan fingerprint density at radius 1 is 1.23 bits per heavy atom. The molecule has 1 N–H and O–H groups in total. The number of nitrogens with one attached hydrogen (secondary N) is 1. The van der Waals surface area contributed by atoms with Crippen LogP contribution in [0.2, 0.25) is 0 Å². The molecule has 0 fully saturated rings. The van der Waals surface area contributed by atoms with E-state index in [1.807, 2.05) is 18.2 Å². The van der Waals surface area contributed by atoms with Gasteiger partial charge in [-0.15, -0.1) is 5.10 Å². The van der Waals surface area contributed by atoms with Crippen LogP contribution in [0.25, 0.3) is 11.3 Å². The number of hydrogen-bond acceptors (Lipinski definition) is 2. The third kappa shape index (κ3) is 2.18. The second kappa shape index (κ2) is 4.56. The normalized spacial score (nSPS) is 9.31. The van der Waals surface area contributed by atoms with E-state index >= 15 is 0 Å². The van der Waals surface area contributed by atoms with E-state index < -0.39 is 0 Å². The number of benzene rings is 1. The maximum Gasteiger partial charge on any atom is 0.113 e. The van der Waals surface area contributed by atoms with Crippen molar-refractivity contribution in [3.8, 4) is 11.3 Å². The van der Waals surface area contributed by atoms with Gasteiger partial charge in [0.1, 0.15) is 5.69 Å². The predicted octanol–water partition coefficient (Wildman–Crippen LogP) is 1.40. The minimum Gasteiger partial charge on any atom is -0.265 e. The Kier molecular flexibility index (Phi) is 3.66. The summed E-state index contributed by atoms with van der Waals surface area (Å²) in [5.41, 5.74) is 3.24. The van der Waals surface area contributed by atoms with Crippen molar-refractivity contribution in [2.45, 2.75) is 6.92 Å². The molecule has 0 unspecified atom stereocenters. The monoisotopic (exact) mass is 182 g/mol. The Morgan fingerprint density at radius 3 is 2.62 bits per heavy atom. The third-order valence-corrected chi connectivity index (χ3v) is 1.84. The molecule has 0 aliphatic carbocycles. The van der Waals surface area contributed by atoms with Gasteiger partial charge in [-0.2, -0.15) is 0 Å². The van der Waals surface area contributed by atoms with Crippen molar-refractivity contribution in [2.75, 3.05) is 0 Å². The molecule has 0 atom stereocenters. The summed E-state index contributed by atoms with van der Waals surface area (Å²) in [6.07, 6.45) is 1.79. The summed E-state index contributed by atoms with van der Waals surface area (Å²) in [4.78, 5) is 0. The van der Waals surface area contributed by atoms with Gasteiger partial charge in [-0.1, -0.05) is 29.5 Å². The van der Waals surface area contributed by atoms with E-state index in [0.717, 1.165) is 11.3 Å². The van der Waals surface area contributed by atoms with Gasteiger partial charge in [-0.3, -0.25) is 5.10 Å².